The molecule has 0 spiro atoms. The van der Waals surface area contributed by atoms with Crippen molar-refractivity contribution >= 4 is 5.91 Å². The maximum atomic E-state index is 13.1. The van der Waals surface area contributed by atoms with Crippen LogP contribution in [-0.4, -0.2) is 18.5 Å². The van der Waals surface area contributed by atoms with Gasteiger partial charge >= 0.3 is 0 Å². The van der Waals surface area contributed by atoms with Gasteiger partial charge in [0.2, 0.25) is 0 Å². The number of hydrogen-bond acceptors (Lipinski definition) is 2. The van der Waals surface area contributed by atoms with Crippen LogP contribution in [0.3, 0.4) is 0 Å². The zero-order valence-electron chi connectivity index (χ0n) is 8.56. The topological polar surface area (TPSA) is 55.1 Å². The summed E-state index contributed by atoms with van der Waals surface area (Å²) < 4.78 is 38.5. The second-order valence-electron chi connectivity index (χ2n) is 3.36. The summed E-state index contributed by atoms with van der Waals surface area (Å²) in [6.45, 7) is 1.77. The lowest BCUT2D eigenvalue weighted by Gasteiger charge is -2.11. The lowest BCUT2D eigenvalue weighted by atomic mass is 10.1. The molecule has 0 aromatic heterocycles. The van der Waals surface area contributed by atoms with Gasteiger partial charge in [-0.1, -0.05) is 0 Å². The van der Waals surface area contributed by atoms with E-state index in [9.17, 15) is 18.0 Å². The molecule has 0 aliphatic rings. The van der Waals surface area contributed by atoms with E-state index in [1.807, 2.05) is 0 Å². The zero-order valence-corrected chi connectivity index (χ0v) is 8.56. The van der Waals surface area contributed by atoms with Crippen LogP contribution in [-0.2, 0) is 0 Å². The molecule has 1 amide bonds. The maximum absolute atomic E-state index is 13.1. The monoisotopic (exact) mass is 232 g/mol. The molecule has 0 radical (unpaired) electrons. The zero-order chi connectivity index (χ0) is 12.3. The molecule has 1 rings (SSSR count). The maximum Gasteiger partial charge on any atom is 0.254 e. The molecule has 3 N–H and O–H groups in total. The van der Waals surface area contributed by atoms with Crippen LogP contribution in [0.15, 0.2) is 12.1 Å². The summed E-state index contributed by atoms with van der Waals surface area (Å²) in [4.78, 5) is 11.4. The number of benzene rings is 1. The Kier molecular flexibility index (Phi) is 3.89. The third-order valence-corrected chi connectivity index (χ3v) is 1.99. The standard InChI is InChI=1S/C10H11F3N2O/c1-5(4-14)15-10(16)6-2-8(12)9(13)3-7(6)11/h2-3,5H,4,14H2,1H3,(H,15,16)/t5-/m0/s1. The first-order valence-electron chi connectivity index (χ1n) is 4.61. The van der Waals surface area contributed by atoms with Gasteiger partial charge in [-0.25, -0.2) is 13.2 Å². The van der Waals surface area contributed by atoms with E-state index >= 15 is 0 Å². The van der Waals surface area contributed by atoms with Crippen LogP contribution in [0, 0.1) is 17.5 Å². The Morgan fingerprint density at radius 2 is 1.88 bits per heavy atom. The lowest BCUT2D eigenvalue weighted by Crippen LogP contribution is -2.38. The van der Waals surface area contributed by atoms with Crippen molar-refractivity contribution in [1.82, 2.24) is 5.32 Å². The molecule has 0 saturated carbocycles. The molecule has 88 valence electrons. The second-order valence-corrected chi connectivity index (χ2v) is 3.36. The molecular formula is C10H11F3N2O. The van der Waals surface area contributed by atoms with Crippen LogP contribution in [0.1, 0.15) is 17.3 Å². The van der Waals surface area contributed by atoms with Crippen molar-refractivity contribution in [2.75, 3.05) is 6.54 Å². The summed E-state index contributed by atoms with van der Waals surface area (Å²) >= 11 is 0. The molecule has 1 atom stereocenters. The van der Waals surface area contributed by atoms with Gasteiger partial charge in [-0.05, 0) is 13.0 Å². The minimum atomic E-state index is -1.33. The fourth-order valence-electron chi connectivity index (χ4n) is 1.06. The minimum absolute atomic E-state index is 0.164. The van der Waals surface area contributed by atoms with Crippen LogP contribution in [0.5, 0.6) is 0 Å². The highest BCUT2D eigenvalue weighted by Crippen LogP contribution is 2.13. The summed E-state index contributed by atoms with van der Waals surface area (Å²) in [5.74, 6) is -4.54. The first-order chi connectivity index (χ1) is 7.45. The molecule has 6 heteroatoms. The molecule has 0 heterocycles. The predicted octanol–water partition coefficient (Wildman–Crippen LogP) is 1.18. The number of carbonyl (C=O) groups is 1. The van der Waals surface area contributed by atoms with E-state index in [1.165, 1.54) is 0 Å². The molecule has 0 saturated heterocycles. The fraction of sp³-hybridized carbons (Fsp3) is 0.300. The summed E-state index contributed by atoms with van der Waals surface area (Å²) in [7, 11) is 0. The quantitative estimate of drug-likeness (QED) is 0.769. The molecule has 0 aliphatic carbocycles. The van der Waals surface area contributed by atoms with Crippen LogP contribution >= 0.6 is 0 Å². The van der Waals surface area contributed by atoms with Gasteiger partial charge < -0.3 is 11.1 Å². The Balaban J connectivity index is 2.96. The number of halogens is 3. The van der Waals surface area contributed by atoms with Crippen molar-refractivity contribution in [3.63, 3.8) is 0 Å². The summed E-state index contributed by atoms with van der Waals surface area (Å²) in [6.07, 6.45) is 0. The minimum Gasteiger partial charge on any atom is -0.348 e. The number of nitrogens with one attached hydrogen (secondary N) is 1. The van der Waals surface area contributed by atoms with Crippen molar-refractivity contribution in [3.05, 3.63) is 35.1 Å². The van der Waals surface area contributed by atoms with Gasteiger partial charge in [0.1, 0.15) is 5.82 Å². The molecule has 0 fully saturated rings. The first kappa shape index (κ1) is 12.5. The van der Waals surface area contributed by atoms with Gasteiger partial charge in [0.05, 0.1) is 5.56 Å². The smallest absolute Gasteiger partial charge is 0.254 e. The summed E-state index contributed by atoms with van der Waals surface area (Å²) in [6, 6.07) is 0.473. The summed E-state index contributed by atoms with van der Waals surface area (Å²) in [5, 5.41) is 2.34. The van der Waals surface area contributed by atoms with E-state index in [-0.39, 0.29) is 12.6 Å². The Bertz CT molecular complexity index is 409. The van der Waals surface area contributed by atoms with Gasteiger partial charge in [0.25, 0.3) is 5.91 Å². The Hall–Kier alpha value is -1.56. The van der Waals surface area contributed by atoms with Crippen molar-refractivity contribution in [1.29, 1.82) is 0 Å². The molecule has 0 aliphatic heterocycles. The Morgan fingerprint density at radius 3 is 2.44 bits per heavy atom. The fourth-order valence-corrected chi connectivity index (χ4v) is 1.06. The molecule has 0 unspecified atom stereocenters. The third kappa shape index (κ3) is 2.73. The van der Waals surface area contributed by atoms with Crippen molar-refractivity contribution < 1.29 is 18.0 Å². The number of carbonyl (C=O) groups excluding carboxylic acids is 1. The molecular weight excluding hydrogens is 221 g/mol. The highest BCUT2D eigenvalue weighted by molar-refractivity contribution is 5.94. The van der Waals surface area contributed by atoms with Crippen LogP contribution in [0.25, 0.3) is 0 Å². The third-order valence-electron chi connectivity index (χ3n) is 1.99. The average molecular weight is 232 g/mol. The van der Waals surface area contributed by atoms with E-state index in [2.05, 4.69) is 5.32 Å². The van der Waals surface area contributed by atoms with E-state index in [1.54, 1.807) is 6.92 Å². The van der Waals surface area contributed by atoms with Gasteiger partial charge in [-0.2, -0.15) is 0 Å². The van der Waals surface area contributed by atoms with Crippen LogP contribution in [0.4, 0.5) is 13.2 Å². The lowest BCUT2D eigenvalue weighted by molar-refractivity contribution is 0.0936. The van der Waals surface area contributed by atoms with Crippen LogP contribution in [0.2, 0.25) is 0 Å². The number of nitrogens with two attached hydrogens (primary N) is 1. The summed E-state index contributed by atoms with van der Waals surface area (Å²) in [5.41, 5.74) is 4.71. The average Bonchev–Trinajstić information content (AvgIpc) is 2.23. The first-order valence-corrected chi connectivity index (χ1v) is 4.61. The van der Waals surface area contributed by atoms with Crippen molar-refractivity contribution in [2.45, 2.75) is 13.0 Å². The number of hydrogen-bond donors (Lipinski definition) is 2. The normalized spacial score (nSPS) is 12.3. The van der Waals surface area contributed by atoms with E-state index in [0.717, 1.165) is 0 Å². The van der Waals surface area contributed by atoms with Crippen LogP contribution < -0.4 is 11.1 Å². The van der Waals surface area contributed by atoms with Gasteiger partial charge in [0.15, 0.2) is 11.6 Å². The number of amides is 1. The number of rotatable bonds is 3. The predicted molar refractivity (Wildman–Crippen MR) is 52.3 cm³/mol. The van der Waals surface area contributed by atoms with E-state index in [0.29, 0.717) is 12.1 Å². The SMILES string of the molecule is C[C@@H](CN)NC(=O)c1cc(F)c(F)cc1F. The Morgan fingerprint density at radius 1 is 1.31 bits per heavy atom. The molecule has 1 aromatic carbocycles. The highest BCUT2D eigenvalue weighted by atomic mass is 19.2. The Labute approximate surface area is 90.4 Å². The molecule has 0 bridgehead atoms. The highest BCUT2D eigenvalue weighted by Gasteiger charge is 2.17. The largest absolute Gasteiger partial charge is 0.348 e. The molecule has 16 heavy (non-hydrogen) atoms. The van der Waals surface area contributed by atoms with Gasteiger partial charge in [-0.15, -0.1) is 0 Å². The van der Waals surface area contributed by atoms with Crippen molar-refractivity contribution in [3.8, 4) is 0 Å². The van der Waals surface area contributed by atoms with E-state index in [4.69, 9.17) is 5.73 Å². The van der Waals surface area contributed by atoms with Crippen molar-refractivity contribution in [2.24, 2.45) is 5.73 Å². The molecule has 3 nitrogen and oxygen atoms in total. The van der Waals surface area contributed by atoms with E-state index < -0.39 is 28.9 Å². The second kappa shape index (κ2) is 4.98. The molecule has 1 aromatic rings. The van der Waals surface area contributed by atoms with Gasteiger partial charge in [0, 0.05) is 18.7 Å². The van der Waals surface area contributed by atoms with Gasteiger partial charge in [-0.3, -0.25) is 4.79 Å².